The van der Waals surface area contributed by atoms with Crippen LogP contribution in [0.4, 0.5) is 8.78 Å². The Morgan fingerprint density at radius 3 is 2.67 bits per heavy atom. The predicted octanol–water partition coefficient (Wildman–Crippen LogP) is 2.72. The molecule has 1 aromatic heterocycles. The Morgan fingerprint density at radius 1 is 1.17 bits per heavy atom. The van der Waals surface area contributed by atoms with Crippen molar-refractivity contribution in [1.29, 1.82) is 0 Å². The molecule has 0 aliphatic carbocycles. The van der Waals surface area contributed by atoms with E-state index in [0.29, 0.717) is 5.69 Å². The SMILES string of the molecule is O=C(OCc1ccccn1)c1ccc(F)c(F)c1. The van der Waals surface area contributed by atoms with Crippen LogP contribution in [-0.2, 0) is 11.3 Å². The first kappa shape index (κ1) is 12.2. The van der Waals surface area contributed by atoms with Crippen molar-refractivity contribution in [2.45, 2.75) is 6.61 Å². The summed E-state index contributed by atoms with van der Waals surface area (Å²) in [6.45, 7) is -0.0152. The van der Waals surface area contributed by atoms with Gasteiger partial charge in [0.25, 0.3) is 0 Å². The molecule has 0 fully saturated rings. The third-order valence-electron chi connectivity index (χ3n) is 2.23. The molecule has 0 spiro atoms. The van der Waals surface area contributed by atoms with Crippen LogP contribution in [0.15, 0.2) is 42.6 Å². The van der Waals surface area contributed by atoms with E-state index >= 15 is 0 Å². The van der Waals surface area contributed by atoms with Crippen LogP contribution in [0.3, 0.4) is 0 Å². The summed E-state index contributed by atoms with van der Waals surface area (Å²) in [6.07, 6.45) is 1.57. The Balaban J connectivity index is 2.02. The molecule has 1 aromatic carbocycles. The standard InChI is InChI=1S/C13H9F2NO2/c14-11-5-4-9(7-12(11)15)13(17)18-8-10-3-1-2-6-16-10/h1-7H,8H2. The molecule has 2 rings (SSSR count). The number of pyridine rings is 1. The van der Waals surface area contributed by atoms with Gasteiger partial charge in [0, 0.05) is 6.20 Å². The van der Waals surface area contributed by atoms with Gasteiger partial charge in [-0.1, -0.05) is 6.07 Å². The zero-order valence-corrected chi connectivity index (χ0v) is 9.27. The van der Waals surface area contributed by atoms with Crippen molar-refractivity contribution in [2.75, 3.05) is 0 Å². The van der Waals surface area contributed by atoms with E-state index in [2.05, 4.69) is 4.98 Å². The number of carbonyl (C=O) groups is 1. The monoisotopic (exact) mass is 249 g/mol. The van der Waals surface area contributed by atoms with E-state index in [0.717, 1.165) is 12.1 Å². The molecule has 0 aliphatic rings. The maximum atomic E-state index is 12.9. The molecule has 1 heterocycles. The first-order valence-electron chi connectivity index (χ1n) is 5.19. The van der Waals surface area contributed by atoms with Crippen molar-refractivity contribution in [3.8, 4) is 0 Å². The zero-order valence-electron chi connectivity index (χ0n) is 9.27. The number of esters is 1. The number of nitrogens with zero attached hydrogens (tertiary/aromatic N) is 1. The molecule has 0 N–H and O–H groups in total. The van der Waals surface area contributed by atoms with Gasteiger partial charge in [-0.3, -0.25) is 4.98 Å². The number of hydrogen-bond donors (Lipinski definition) is 0. The van der Waals surface area contributed by atoms with Gasteiger partial charge in [0.2, 0.25) is 0 Å². The summed E-state index contributed by atoms with van der Waals surface area (Å²) in [5.41, 5.74) is 0.540. The number of carbonyl (C=O) groups excluding carboxylic acids is 1. The van der Waals surface area contributed by atoms with Gasteiger partial charge in [0.1, 0.15) is 6.61 Å². The molecule has 0 bridgehead atoms. The van der Waals surface area contributed by atoms with Crippen molar-refractivity contribution >= 4 is 5.97 Å². The highest BCUT2D eigenvalue weighted by Crippen LogP contribution is 2.10. The second-order valence-electron chi connectivity index (χ2n) is 3.53. The van der Waals surface area contributed by atoms with E-state index in [4.69, 9.17) is 4.74 Å². The van der Waals surface area contributed by atoms with Crippen molar-refractivity contribution in [1.82, 2.24) is 4.98 Å². The number of halogens is 2. The van der Waals surface area contributed by atoms with E-state index in [-0.39, 0.29) is 12.2 Å². The number of benzene rings is 1. The molecule has 2 aromatic rings. The minimum absolute atomic E-state index is 0.0152. The lowest BCUT2D eigenvalue weighted by Gasteiger charge is -2.04. The van der Waals surface area contributed by atoms with Crippen molar-refractivity contribution in [2.24, 2.45) is 0 Å². The van der Waals surface area contributed by atoms with Crippen LogP contribution in [0.25, 0.3) is 0 Å². The maximum absolute atomic E-state index is 12.9. The van der Waals surface area contributed by atoms with Crippen LogP contribution in [-0.4, -0.2) is 11.0 Å². The Hall–Kier alpha value is -2.30. The van der Waals surface area contributed by atoms with Crippen LogP contribution in [0.1, 0.15) is 16.1 Å². The molecule has 0 saturated carbocycles. The fourth-order valence-corrected chi connectivity index (χ4v) is 1.33. The van der Waals surface area contributed by atoms with Gasteiger partial charge in [-0.2, -0.15) is 0 Å². The summed E-state index contributed by atoms with van der Waals surface area (Å²) in [7, 11) is 0. The number of aromatic nitrogens is 1. The van der Waals surface area contributed by atoms with Crippen molar-refractivity contribution < 1.29 is 18.3 Å². The minimum atomic E-state index is -1.08. The van der Waals surface area contributed by atoms with Gasteiger partial charge in [0.15, 0.2) is 11.6 Å². The Labute approximate surface area is 102 Å². The van der Waals surface area contributed by atoms with Crippen LogP contribution in [0.5, 0.6) is 0 Å². The molecule has 0 aliphatic heterocycles. The second kappa shape index (κ2) is 5.35. The molecule has 3 nitrogen and oxygen atoms in total. The van der Waals surface area contributed by atoms with Crippen LogP contribution in [0.2, 0.25) is 0 Å². The predicted molar refractivity (Wildman–Crippen MR) is 59.7 cm³/mol. The Morgan fingerprint density at radius 2 is 2.00 bits per heavy atom. The van der Waals surface area contributed by atoms with Crippen molar-refractivity contribution in [3.63, 3.8) is 0 Å². The first-order valence-corrected chi connectivity index (χ1v) is 5.19. The third-order valence-corrected chi connectivity index (χ3v) is 2.23. The molecule has 0 amide bonds. The molecule has 18 heavy (non-hydrogen) atoms. The van der Waals surface area contributed by atoms with Crippen LogP contribution in [0, 0.1) is 11.6 Å². The molecule has 5 heteroatoms. The average molecular weight is 249 g/mol. The van der Waals surface area contributed by atoms with Crippen LogP contribution < -0.4 is 0 Å². The van der Waals surface area contributed by atoms with Gasteiger partial charge >= 0.3 is 5.97 Å². The zero-order chi connectivity index (χ0) is 13.0. The fourth-order valence-electron chi connectivity index (χ4n) is 1.33. The summed E-state index contributed by atoms with van der Waals surface area (Å²) >= 11 is 0. The maximum Gasteiger partial charge on any atom is 0.338 e. The number of hydrogen-bond acceptors (Lipinski definition) is 3. The average Bonchev–Trinajstić information content (AvgIpc) is 2.40. The summed E-state index contributed by atoms with van der Waals surface area (Å²) in [5, 5.41) is 0. The molecule has 0 saturated heterocycles. The number of rotatable bonds is 3. The summed E-state index contributed by atoms with van der Waals surface area (Å²) in [6, 6.07) is 8.04. The molecule has 0 unspecified atom stereocenters. The van der Waals surface area contributed by atoms with E-state index in [9.17, 15) is 13.6 Å². The highest BCUT2D eigenvalue weighted by molar-refractivity contribution is 5.89. The Bertz CT molecular complexity index is 558. The second-order valence-corrected chi connectivity index (χ2v) is 3.53. The molecule has 92 valence electrons. The van der Waals surface area contributed by atoms with Gasteiger partial charge in [-0.05, 0) is 30.3 Å². The molecule has 0 atom stereocenters. The van der Waals surface area contributed by atoms with Crippen molar-refractivity contribution in [3.05, 3.63) is 65.5 Å². The highest BCUT2D eigenvalue weighted by Gasteiger charge is 2.11. The number of ether oxygens (including phenoxy) is 1. The van der Waals surface area contributed by atoms with E-state index in [1.54, 1.807) is 24.4 Å². The van der Waals surface area contributed by atoms with Gasteiger partial charge in [-0.15, -0.1) is 0 Å². The van der Waals surface area contributed by atoms with E-state index in [1.807, 2.05) is 0 Å². The fraction of sp³-hybridized carbons (Fsp3) is 0.0769. The highest BCUT2D eigenvalue weighted by atomic mass is 19.2. The summed E-state index contributed by atoms with van der Waals surface area (Å²) < 4.78 is 30.5. The lowest BCUT2D eigenvalue weighted by Crippen LogP contribution is -2.06. The third kappa shape index (κ3) is 2.88. The Kier molecular flexibility index (Phi) is 3.62. The normalized spacial score (nSPS) is 10.1. The first-order chi connectivity index (χ1) is 8.66. The van der Waals surface area contributed by atoms with Gasteiger partial charge < -0.3 is 4.74 Å². The lowest BCUT2D eigenvalue weighted by atomic mass is 10.2. The summed E-state index contributed by atoms with van der Waals surface area (Å²) in [4.78, 5) is 15.5. The molecular formula is C13H9F2NO2. The van der Waals surface area contributed by atoms with Crippen LogP contribution >= 0.6 is 0 Å². The minimum Gasteiger partial charge on any atom is -0.456 e. The quantitative estimate of drug-likeness (QED) is 0.785. The molecular weight excluding hydrogens is 240 g/mol. The van der Waals surface area contributed by atoms with Gasteiger partial charge in [-0.25, -0.2) is 13.6 Å². The topological polar surface area (TPSA) is 39.2 Å². The largest absolute Gasteiger partial charge is 0.456 e. The molecule has 0 radical (unpaired) electrons. The summed E-state index contributed by atoms with van der Waals surface area (Å²) in [5.74, 6) is -2.81. The smallest absolute Gasteiger partial charge is 0.338 e. The van der Waals surface area contributed by atoms with Gasteiger partial charge in [0.05, 0.1) is 11.3 Å². The van der Waals surface area contributed by atoms with E-state index in [1.165, 1.54) is 6.07 Å². The van der Waals surface area contributed by atoms with E-state index < -0.39 is 17.6 Å². The lowest BCUT2D eigenvalue weighted by molar-refractivity contribution is 0.0467.